The van der Waals surface area contributed by atoms with Crippen molar-refractivity contribution in [2.75, 3.05) is 30.6 Å². The zero-order valence-corrected chi connectivity index (χ0v) is 23.4. The number of methoxy groups -OCH3 is 2. The third-order valence-corrected chi connectivity index (χ3v) is 7.97. The fraction of sp³-hybridized carbons (Fsp3) is 0.185. The Morgan fingerprint density at radius 2 is 1.74 bits per heavy atom. The molecule has 0 saturated carbocycles. The van der Waals surface area contributed by atoms with E-state index >= 15 is 0 Å². The first-order valence-electron chi connectivity index (χ1n) is 11.6. The lowest BCUT2D eigenvalue weighted by atomic mass is 10.1. The van der Waals surface area contributed by atoms with Crippen LogP contribution in [0.25, 0.3) is 0 Å². The molecule has 2 N–H and O–H groups in total. The summed E-state index contributed by atoms with van der Waals surface area (Å²) in [5.74, 6) is 1.37. The monoisotopic (exact) mass is 566 g/mol. The third-order valence-electron chi connectivity index (χ3n) is 5.24. The van der Waals surface area contributed by atoms with Crippen LogP contribution < -0.4 is 20.1 Å². The molecule has 1 heterocycles. The minimum Gasteiger partial charge on any atom is -0.493 e. The van der Waals surface area contributed by atoms with Gasteiger partial charge in [0.05, 0.1) is 14.2 Å². The zero-order valence-electron chi connectivity index (χ0n) is 21.0. The highest BCUT2D eigenvalue weighted by Crippen LogP contribution is 2.37. The van der Waals surface area contributed by atoms with Crippen molar-refractivity contribution in [2.24, 2.45) is 0 Å². The Labute approximate surface area is 233 Å². The summed E-state index contributed by atoms with van der Waals surface area (Å²) >= 11 is 4.07. The molecule has 2 amide bonds. The average molecular weight is 567 g/mol. The highest BCUT2D eigenvalue weighted by Gasteiger charge is 2.24. The Hall–Kier alpha value is -3.54. The predicted octanol–water partition coefficient (Wildman–Crippen LogP) is 6.39. The Morgan fingerprint density at radius 1 is 0.947 bits per heavy atom. The van der Waals surface area contributed by atoms with Gasteiger partial charge in [-0.15, -0.1) is 11.8 Å². The normalized spacial score (nSPS) is 11.4. The second-order valence-corrected chi connectivity index (χ2v) is 10.9. The number of carbonyl (C=O) groups is 2. The highest BCUT2D eigenvalue weighted by molar-refractivity contribution is 8.00. The van der Waals surface area contributed by atoms with E-state index in [1.807, 2.05) is 55.5 Å². The van der Waals surface area contributed by atoms with Crippen LogP contribution in [0, 0.1) is 0 Å². The van der Waals surface area contributed by atoms with Crippen molar-refractivity contribution in [3.63, 3.8) is 0 Å². The molecule has 0 spiro atoms. The fourth-order valence-electron chi connectivity index (χ4n) is 3.48. The van der Waals surface area contributed by atoms with Crippen LogP contribution in [-0.4, -0.2) is 41.1 Å². The maximum absolute atomic E-state index is 13.4. The fourth-order valence-corrected chi connectivity index (χ4v) is 5.84. The minimum atomic E-state index is -0.542. The van der Waals surface area contributed by atoms with Gasteiger partial charge in [-0.05, 0) is 47.7 Å². The molecule has 0 aliphatic carbocycles. The maximum Gasteiger partial charge on any atom is 0.255 e. The number of nitrogens with one attached hydrogen (secondary N) is 2. The number of nitrogens with zero attached hydrogens (tertiary/aromatic N) is 2. The van der Waals surface area contributed by atoms with Gasteiger partial charge in [-0.25, -0.2) is 0 Å². The number of hydrogen-bond acceptors (Lipinski definition) is 9. The van der Waals surface area contributed by atoms with E-state index in [0.29, 0.717) is 33.0 Å². The lowest BCUT2D eigenvalue weighted by Gasteiger charge is -2.17. The minimum absolute atomic E-state index is 0.204. The van der Waals surface area contributed by atoms with E-state index in [2.05, 4.69) is 20.0 Å². The van der Waals surface area contributed by atoms with Crippen LogP contribution in [0.5, 0.6) is 11.5 Å². The number of rotatable bonds is 11. The van der Waals surface area contributed by atoms with Gasteiger partial charge in [0.25, 0.3) is 5.91 Å². The van der Waals surface area contributed by atoms with E-state index in [1.165, 1.54) is 30.6 Å². The van der Waals surface area contributed by atoms with Crippen molar-refractivity contribution < 1.29 is 19.1 Å². The summed E-state index contributed by atoms with van der Waals surface area (Å²) in [4.78, 5) is 31.5. The Bertz CT molecular complexity index is 1400. The van der Waals surface area contributed by atoms with Gasteiger partial charge < -0.3 is 14.8 Å². The van der Waals surface area contributed by atoms with E-state index in [0.717, 1.165) is 27.7 Å². The molecule has 4 rings (SSSR count). The van der Waals surface area contributed by atoms with Crippen molar-refractivity contribution >= 4 is 57.7 Å². The van der Waals surface area contributed by atoms with Crippen LogP contribution in [0.3, 0.4) is 0 Å². The van der Waals surface area contributed by atoms with Gasteiger partial charge in [-0.2, -0.15) is 9.36 Å². The van der Waals surface area contributed by atoms with Crippen molar-refractivity contribution in [3.05, 3.63) is 83.9 Å². The molecule has 0 fully saturated rings. The van der Waals surface area contributed by atoms with E-state index in [4.69, 9.17) is 9.47 Å². The second kappa shape index (κ2) is 13.3. The first-order valence-corrected chi connectivity index (χ1v) is 14.3. The molecule has 1 unspecified atom stereocenters. The number of amides is 2. The first kappa shape index (κ1) is 27.5. The van der Waals surface area contributed by atoms with E-state index in [1.54, 1.807) is 31.4 Å². The molecular formula is C27H26N4O4S3. The second-order valence-electron chi connectivity index (χ2n) is 7.76. The van der Waals surface area contributed by atoms with Crippen molar-refractivity contribution in [2.45, 2.75) is 22.2 Å². The summed E-state index contributed by atoms with van der Waals surface area (Å²) in [6.45, 7) is 2.02. The summed E-state index contributed by atoms with van der Waals surface area (Å²) in [7, 11) is 3.06. The average Bonchev–Trinajstić information content (AvgIpc) is 3.38. The molecule has 0 radical (unpaired) electrons. The van der Waals surface area contributed by atoms with Gasteiger partial charge in [-0.1, -0.05) is 55.1 Å². The number of benzene rings is 3. The lowest BCUT2D eigenvalue weighted by molar-refractivity contribution is -0.115. The molecule has 1 aromatic heterocycles. The van der Waals surface area contributed by atoms with Gasteiger partial charge >= 0.3 is 0 Å². The Morgan fingerprint density at radius 3 is 2.47 bits per heavy atom. The molecule has 196 valence electrons. The molecular weight excluding hydrogens is 541 g/mol. The summed E-state index contributed by atoms with van der Waals surface area (Å²) < 4.78 is 14.8. The molecule has 8 nitrogen and oxygen atoms in total. The van der Waals surface area contributed by atoms with Crippen LogP contribution in [-0.2, 0) is 4.79 Å². The standard InChI is InChI=1S/C27H26N4O4S3/c1-4-36-27-30-26(38-31-27)29-25(33)23(17-9-6-5-7-10-17)37-20-12-8-11-19(16-20)28-24(32)18-13-14-21(34-2)22(15-18)35-3/h5-16,23H,4H2,1-3H3,(H,28,32)(H,29,30,31,33). The lowest BCUT2D eigenvalue weighted by Crippen LogP contribution is -2.19. The number of anilines is 2. The van der Waals surface area contributed by atoms with Crippen molar-refractivity contribution in [3.8, 4) is 11.5 Å². The number of ether oxygens (including phenoxy) is 2. The van der Waals surface area contributed by atoms with E-state index in [-0.39, 0.29) is 11.8 Å². The molecule has 0 saturated heterocycles. The van der Waals surface area contributed by atoms with Crippen LogP contribution in [0.2, 0.25) is 0 Å². The predicted molar refractivity (Wildman–Crippen MR) is 154 cm³/mol. The molecule has 0 bridgehead atoms. The largest absolute Gasteiger partial charge is 0.493 e. The molecule has 4 aromatic rings. The van der Waals surface area contributed by atoms with Crippen LogP contribution in [0.4, 0.5) is 10.8 Å². The zero-order chi connectivity index (χ0) is 26.9. The molecule has 0 aliphatic heterocycles. The molecule has 11 heteroatoms. The highest BCUT2D eigenvalue weighted by atomic mass is 32.2. The van der Waals surface area contributed by atoms with Crippen LogP contribution in [0.15, 0.2) is 82.8 Å². The summed E-state index contributed by atoms with van der Waals surface area (Å²) in [5.41, 5.74) is 1.88. The smallest absolute Gasteiger partial charge is 0.255 e. The van der Waals surface area contributed by atoms with E-state index < -0.39 is 5.25 Å². The van der Waals surface area contributed by atoms with Crippen molar-refractivity contribution in [1.29, 1.82) is 0 Å². The molecule has 3 aromatic carbocycles. The van der Waals surface area contributed by atoms with Gasteiger partial charge in [0, 0.05) is 27.7 Å². The molecule has 1 atom stereocenters. The Kier molecular flexibility index (Phi) is 9.63. The SMILES string of the molecule is CCSc1nsc(NC(=O)C(Sc2cccc(NC(=O)c3ccc(OC)c(OC)c3)c2)c2ccccc2)n1. The quantitative estimate of drug-likeness (QED) is 0.201. The number of thioether (sulfide) groups is 2. The summed E-state index contributed by atoms with van der Waals surface area (Å²) in [6.07, 6.45) is 0. The van der Waals surface area contributed by atoms with Crippen LogP contribution in [0.1, 0.15) is 28.1 Å². The molecule has 0 aliphatic rings. The van der Waals surface area contributed by atoms with Gasteiger partial charge in [0.2, 0.25) is 16.2 Å². The number of carbonyl (C=O) groups excluding carboxylic acids is 2. The topological polar surface area (TPSA) is 102 Å². The van der Waals surface area contributed by atoms with Crippen LogP contribution >= 0.6 is 35.1 Å². The summed E-state index contributed by atoms with van der Waals surface area (Å²) in [6, 6.07) is 21.9. The third kappa shape index (κ3) is 7.06. The first-order chi connectivity index (χ1) is 18.5. The van der Waals surface area contributed by atoms with Crippen molar-refractivity contribution in [1.82, 2.24) is 9.36 Å². The maximum atomic E-state index is 13.4. The number of aromatic nitrogens is 2. The number of hydrogen-bond donors (Lipinski definition) is 2. The summed E-state index contributed by atoms with van der Waals surface area (Å²) in [5, 5.41) is 6.39. The Balaban J connectivity index is 1.51. The van der Waals surface area contributed by atoms with E-state index in [9.17, 15) is 9.59 Å². The van der Waals surface area contributed by atoms with Gasteiger partial charge in [0.15, 0.2) is 11.5 Å². The molecule has 38 heavy (non-hydrogen) atoms. The van der Waals surface area contributed by atoms with Gasteiger partial charge in [0.1, 0.15) is 5.25 Å². The van der Waals surface area contributed by atoms with Gasteiger partial charge in [-0.3, -0.25) is 14.9 Å².